The maximum Gasteiger partial charge on any atom is 0.120 e. The van der Waals surface area contributed by atoms with E-state index >= 15 is 0 Å². The Hall–Kier alpha value is -3.20. The van der Waals surface area contributed by atoms with Crippen LogP contribution in [0.3, 0.4) is 0 Å². The fraction of sp³-hybridized carbons (Fsp3) is 0.167. The number of nitrogens with one attached hydrogen (secondary N) is 1. The number of aromatic nitrogens is 1. The van der Waals surface area contributed by atoms with E-state index in [9.17, 15) is 0 Å². The molecule has 0 atom stereocenters. The number of methoxy groups -OCH3 is 1. The predicted molar refractivity (Wildman–Crippen MR) is 108 cm³/mol. The second-order valence-electron chi connectivity index (χ2n) is 6.98. The fourth-order valence-electron chi connectivity index (χ4n) is 3.95. The van der Waals surface area contributed by atoms with Crippen molar-refractivity contribution in [3.05, 3.63) is 83.4 Å². The summed E-state index contributed by atoms with van der Waals surface area (Å²) in [6, 6.07) is 23.0. The van der Waals surface area contributed by atoms with Crippen molar-refractivity contribution in [2.24, 2.45) is 0 Å². The largest absolute Gasteiger partial charge is 0.497 e. The molecule has 0 saturated carbocycles. The number of hydrogen-bond acceptors (Lipinski definition) is 2. The van der Waals surface area contributed by atoms with Crippen LogP contribution >= 0.6 is 0 Å². The quantitative estimate of drug-likeness (QED) is 0.523. The molecule has 1 aliphatic carbocycles. The first kappa shape index (κ1) is 16.0. The minimum atomic E-state index is 0.585. The zero-order chi connectivity index (χ0) is 18.2. The maximum atomic E-state index is 6.03. The molecule has 0 unspecified atom stereocenters. The molecule has 0 bridgehead atoms. The van der Waals surface area contributed by atoms with Crippen molar-refractivity contribution in [2.45, 2.75) is 19.4 Å². The Balaban J connectivity index is 1.50. The number of rotatable bonds is 4. The summed E-state index contributed by atoms with van der Waals surface area (Å²) in [5, 5.41) is 1.26. The van der Waals surface area contributed by atoms with Gasteiger partial charge in [0.1, 0.15) is 18.1 Å². The summed E-state index contributed by atoms with van der Waals surface area (Å²) >= 11 is 0. The molecule has 27 heavy (non-hydrogen) atoms. The van der Waals surface area contributed by atoms with Crippen LogP contribution in [-0.2, 0) is 19.4 Å². The van der Waals surface area contributed by atoms with E-state index in [4.69, 9.17) is 9.47 Å². The Morgan fingerprint density at radius 2 is 1.74 bits per heavy atom. The van der Waals surface area contributed by atoms with E-state index in [0.29, 0.717) is 6.61 Å². The van der Waals surface area contributed by atoms with Crippen molar-refractivity contribution in [3.8, 4) is 22.8 Å². The van der Waals surface area contributed by atoms with E-state index in [0.717, 1.165) is 29.9 Å². The Labute approximate surface area is 158 Å². The lowest BCUT2D eigenvalue weighted by Gasteiger charge is -2.17. The number of hydrogen-bond donors (Lipinski definition) is 1. The molecule has 0 radical (unpaired) electrons. The van der Waals surface area contributed by atoms with Crippen LogP contribution in [0.1, 0.15) is 16.7 Å². The summed E-state index contributed by atoms with van der Waals surface area (Å²) in [4.78, 5) is 3.61. The Kier molecular flexibility index (Phi) is 3.86. The third-order valence-electron chi connectivity index (χ3n) is 5.35. The van der Waals surface area contributed by atoms with E-state index in [1.807, 2.05) is 30.3 Å². The van der Waals surface area contributed by atoms with Gasteiger partial charge in [0.05, 0.1) is 7.11 Å². The number of aryl methyl sites for hydroxylation is 2. The molecule has 0 spiro atoms. The minimum Gasteiger partial charge on any atom is -0.497 e. The van der Waals surface area contributed by atoms with Crippen LogP contribution in [0.15, 0.2) is 66.7 Å². The minimum absolute atomic E-state index is 0.585. The van der Waals surface area contributed by atoms with Gasteiger partial charge in [0.2, 0.25) is 0 Å². The summed E-state index contributed by atoms with van der Waals surface area (Å²) < 4.78 is 11.4. The fourth-order valence-corrected chi connectivity index (χ4v) is 3.95. The summed E-state index contributed by atoms with van der Waals surface area (Å²) in [7, 11) is 1.72. The highest BCUT2D eigenvalue weighted by molar-refractivity contribution is 5.93. The average molecular weight is 355 g/mol. The normalized spacial score (nSPS) is 12.5. The van der Waals surface area contributed by atoms with Gasteiger partial charge in [-0.3, -0.25) is 0 Å². The lowest BCUT2D eigenvalue weighted by Crippen LogP contribution is -2.03. The molecule has 1 N–H and O–H groups in total. The van der Waals surface area contributed by atoms with Crippen LogP contribution in [-0.4, -0.2) is 12.1 Å². The lowest BCUT2D eigenvalue weighted by atomic mass is 9.89. The van der Waals surface area contributed by atoms with Gasteiger partial charge in [-0.05, 0) is 65.9 Å². The number of aromatic amines is 1. The van der Waals surface area contributed by atoms with E-state index in [2.05, 4.69) is 41.4 Å². The second kappa shape index (κ2) is 6.51. The van der Waals surface area contributed by atoms with Gasteiger partial charge in [-0.1, -0.05) is 30.3 Å². The van der Waals surface area contributed by atoms with E-state index in [-0.39, 0.29) is 0 Å². The predicted octanol–water partition coefficient (Wildman–Crippen LogP) is 5.52. The van der Waals surface area contributed by atoms with Crippen molar-refractivity contribution in [1.29, 1.82) is 0 Å². The molecule has 4 aromatic rings. The lowest BCUT2D eigenvalue weighted by molar-refractivity contribution is 0.306. The standard InChI is InChI=1S/C24H21NO2/c1-26-18-8-11-20-17(13-18)7-10-21-22-14-19(9-12-23(22)25-24(20)21)27-15-16-5-3-2-4-6-16/h2-6,8-9,11-14,25H,7,10,15H2,1H3. The molecule has 5 rings (SSSR count). The highest BCUT2D eigenvalue weighted by atomic mass is 16.5. The van der Waals surface area contributed by atoms with Gasteiger partial charge in [-0.25, -0.2) is 0 Å². The molecule has 0 fully saturated rings. The van der Waals surface area contributed by atoms with Crippen LogP contribution in [0.4, 0.5) is 0 Å². The first-order valence-corrected chi connectivity index (χ1v) is 9.30. The highest BCUT2D eigenvalue weighted by Crippen LogP contribution is 2.39. The Morgan fingerprint density at radius 3 is 2.59 bits per heavy atom. The number of fused-ring (bicyclic) bond motifs is 5. The molecule has 1 aromatic heterocycles. The number of benzene rings is 3. The molecule has 0 amide bonds. The molecule has 3 heteroatoms. The second-order valence-corrected chi connectivity index (χ2v) is 6.98. The maximum absolute atomic E-state index is 6.03. The first-order valence-electron chi connectivity index (χ1n) is 9.30. The zero-order valence-corrected chi connectivity index (χ0v) is 15.3. The monoisotopic (exact) mass is 355 g/mol. The topological polar surface area (TPSA) is 34.2 Å². The van der Waals surface area contributed by atoms with Crippen LogP contribution in [0.5, 0.6) is 11.5 Å². The van der Waals surface area contributed by atoms with Gasteiger partial charge in [0, 0.05) is 22.2 Å². The van der Waals surface area contributed by atoms with Crippen molar-refractivity contribution in [1.82, 2.24) is 4.98 Å². The Bertz CT molecular complexity index is 1110. The summed E-state index contributed by atoms with van der Waals surface area (Å²) in [6.07, 6.45) is 2.05. The van der Waals surface area contributed by atoms with Crippen LogP contribution in [0.2, 0.25) is 0 Å². The molecule has 1 heterocycles. The van der Waals surface area contributed by atoms with Gasteiger partial charge in [0.15, 0.2) is 0 Å². The molecule has 1 aliphatic rings. The molecule has 0 saturated heterocycles. The van der Waals surface area contributed by atoms with Gasteiger partial charge < -0.3 is 14.5 Å². The SMILES string of the molecule is COc1ccc2c(c1)CCc1c-2[nH]c2ccc(OCc3ccccc3)cc12. The Morgan fingerprint density at radius 1 is 0.889 bits per heavy atom. The zero-order valence-electron chi connectivity index (χ0n) is 15.3. The number of H-pyrrole nitrogens is 1. The summed E-state index contributed by atoms with van der Waals surface area (Å²) in [5.41, 5.74) is 7.57. The number of ether oxygens (including phenoxy) is 2. The van der Waals surface area contributed by atoms with Crippen LogP contribution in [0.25, 0.3) is 22.2 Å². The van der Waals surface area contributed by atoms with Crippen LogP contribution < -0.4 is 9.47 Å². The van der Waals surface area contributed by atoms with Gasteiger partial charge in [0.25, 0.3) is 0 Å². The summed E-state index contributed by atoms with van der Waals surface area (Å²) in [5.74, 6) is 1.83. The first-order chi connectivity index (χ1) is 13.3. The van der Waals surface area contributed by atoms with Gasteiger partial charge in [-0.2, -0.15) is 0 Å². The average Bonchev–Trinajstić information content (AvgIpc) is 3.11. The molecular weight excluding hydrogens is 334 g/mol. The highest BCUT2D eigenvalue weighted by Gasteiger charge is 2.21. The van der Waals surface area contributed by atoms with E-state index in [1.165, 1.54) is 33.3 Å². The molecule has 3 nitrogen and oxygen atoms in total. The van der Waals surface area contributed by atoms with Crippen molar-refractivity contribution < 1.29 is 9.47 Å². The third kappa shape index (κ3) is 2.85. The van der Waals surface area contributed by atoms with E-state index < -0.39 is 0 Å². The molecule has 3 aromatic carbocycles. The smallest absolute Gasteiger partial charge is 0.120 e. The van der Waals surface area contributed by atoms with Crippen molar-refractivity contribution in [3.63, 3.8) is 0 Å². The van der Waals surface area contributed by atoms with Crippen molar-refractivity contribution >= 4 is 10.9 Å². The van der Waals surface area contributed by atoms with Gasteiger partial charge in [-0.15, -0.1) is 0 Å². The van der Waals surface area contributed by atoms with Gasteiger partial charge >= 0.3 is 0 Å². The van der Waals surface area contributed by atoms with Crippen LogP contribution in [0, 0.1) is 0 Å². The molecular formula is C24H21NO2. The third-order valence-corrected chi connectivity index (χ3v) is 5.35. The molecule has 0 aliphatic heterocycles. The van der Waals surface area contributed by atoms with E-state index in [1.54, 1.807) is 7.11 Å². The molecule has 134 valence electrons. The summed E-state index contributed by atoms with van der Waals surface area (Å²) in [6.45, 7) is 0.585. The van der Waals surface area contributed by atoms with Crippen molar-refractivity contribution in [2.75, 3.05) is 7.11 Å².